The van der Waals surface area contributed by atoms with Gasteiger partial charge in [0.1, 0.15) is 18.0 Å². The Balaban J connectivity index is 1.77. The molecule has 0 aliphatic rings. The number of amides is 1. The second-order valence-electron chi connectivity index (χ2n) is 7.94. The molecule has 0 fully saturated rings. The molecule has 2 N–H and O–H groups in total. The number of halogens is 1. The number of carbonyl (C=O) groups is 2. The molecule has 0 bridgehead atoms. The molecule has 2 aromatic carbocycles. The molecule has 1 aromatic heterocycles. The van der Waals surface area contributed by atoms with E-state index in [1.807, 2.05) is 30.3 Å². The molecule has 8 heteroatoms. The maximum Gasteiger partial charge on any atom is 0.328 e. The van der Waals surface area contributed by atoms with Crippen LogP contribution in [-0.2, 0) is 9.53 Å². The number of hydrogen-bond acceptors (Lipinski definition) is 6. The summed E-state index contributed by atoms with van der Waals surface area (Å²) in [4.78, 5) is 29.2. The molecule has 0 aliphatic carbocycles. The number of carbonyl (C=O) groups excluding carboxylic acids is 2. The molecule has 0 saturated heterocycles. The van der Waals surface area contributed by atoms with Gasteiger partial charge in [-0.3, -0.25) is 4.79 Å². The van der Waals surface area contributed by atoms with Gasteiger partial charge < -0.3 is 19.9 Å². The zero-order valence-electron chi connectivity index (χ0n) is 19.4. The summed E-state index contributed by atoms with van der Waals surface area (Å²) in [5.41, 5.74) is 1.92. The van der Waals surface area contributed by atoms with E-state index in [4.69, 9.17) is 9.47 Å². The Morgan fingerprint density at radius 2 is 1.76 bits per heavy atom. The number of esters is 1. The van der Waals surface area contributed by atoms with Gasteiger partial charge in [-0.05, 0) is 43.5 Å². The molecular formula is C26H27FN2O5. The summed E-state index contributed by atoms with van der Waals surface area (Å²) in [7, 11) is 1.35. The van der Waals surface area contributed by atoms with Gasteiger partial charge in [0.15, 0.2) is 17.2 Å². The van der Waals surface area contributed by atoms with Gasteiger partial charge in [0.05, 0.1) is 7.11 Å². The van der Waals surface area contributed by atoms with E-state index < -0.39 is 29.8 Å². The van der Waals surface area contributed by atoms with Crippen molar-refractivity contribution in [3.8, 4) is 11.5 Å². The fourth-order valence-corrected chi connectivity index (χ4v) is 3.70. The molecule has 34 heavy (non-hydrogen) atoms. The van der Waals surface area contributed by atoms with Crippen LogP contribution in [0, 0.1) is 12.7 Å². The van der Waals surface area contributed by atoms with E-state index in [1.54, 1.807) is 26.0 Å². The van der Waals surface area contributed by atoms with Crippen molar-refractivity contribution in [2.75, 3.05) is 7.11 Å². The van der Waals surface area contributed by atoms with E-state index in [0.29, 0.717) is 5.56 Å². The van der Waals surface area contributed by atoms with Crippen molar-refractivity contribution in [1.82, 2.24) is 10.3 Å². The lowest BCUT2D eigenvalue weighted by Crippen LogP contribution is -2.41. The lowest BCUT2D eigenvalue weighted by Gasteiger charge is -2.27. The highest BCUT2D eigenvalue weighted by atomic mass is 19.1. The lowest BCUT2D eigenvalue weighted by molar-refractivity contribution is -0.150. The summed E-state index contributed by atoms with van der Waals surface area (Å²) in [6.07, 6.45) is 0.690. The average molecular weight is 467 g/mol. The van der Waals surface area contributed by atoms with Crippen molar-refractivity contribution < 1.29 is 28.6 Å². The monoisotopic (exact) mass is 466 g/mol. The minimum absolute atomic E-state index is 0.0873. The Kier molecular flexibility index (Phi) is 7.83. The van der Waals surface area contributed by atoms with Gasteiger partial charge in [-0.15, -0.1) is 0 Å². The summed E-state index contributed by atoms with van der Waals surface area (Å²) in [5, 5.41) is 12.6. The zero-order chi connectivity index (χ0) is 24.8. The summed E-state index contributed by atoms with van der Waals surface area (Å²) in [5.74, 6) is -2.41. The van der Waals surface area contributed by atoms with Crippen molar-refractivity contribution >= 4 is 11.9 Å². The molecule has 3 rings (SSSR count). The number of methoxy groups -OCH3 is 1. The molecule has 0 aliphatic heterocycles. The molecule has 3 aromatic rings. The number of nitrogens with one attached hydrogen (secondary N) is 1. The zero-order valence-corrected chi connectivity index (χ0v) is 19.4. The van der Waals surface area contributed by atoms with Crippen LogP contribution in [0.3, 0.4) is 0 Å². The SMILES string of the molecule is COc1ccnc(C(=O)N[C@@H](C)C(=O)O[C@@H](C)[C@@H](c2ccccc2)c2ccc(F)c(C)c2)c1O. The summed E-state index contributed by atoms with van der Waals surface area (Å²) in [6, 6.07) is 14.7. The topological polar surface area (TPSA) is 97.8 Å². The van der Waals surface area contributed by atoms with Gasteiger partial charge in [-0.1, -0.05) is 42.5 Å². The fraction of sp³-hybridized carbons (Fsp3) is 0.269. The predicted octanol–water partition coefficient (Wildman–Crippen LogP) is 4.13. The highest BCUT2D eigenvalue weighted by Gasteiger charge is 2.28. The van der Waals surface area contributed by atoms with E-state index in [2.05, 4.69) is 10.3 Å². The molecule has 3 atom stereocenters. The minimum Gasteiger partial charge on any atom is -0.503 e. The van der Waals surface area contributed by atoms with Gasteiger partial charge in [0.2, 0.25) is 0 Å². The van der Waals surface area contributed by atoms with Crippen LogP contribution in [0.2, 0.25) is 0 Å². The number of hydrogen-bond donors (Lipinski definition) is 2. The number of rotatable bonds is 8. The minimum atomic E-state index is -1.02. The second-order valence-corrected chi connectivity index (χ2v) is 7.94. The van der Waals surface area contributed by atoms with E-state index in [1.165, 1.54) is 32.4 Å². The Bertz CT molecular complexity index is 1170. The highest BCUT2D eigenvalue weighted by molar-refractivity contribution is 5.97. The van der Waals surface area contributed by atoms with Crippen LogP contribution < -0.4 is 10.1 Å². The van der Waals surface area contributed by atoms with Crippen LogP contribution in [-0.4, -0.2) is 41.2 Å². The van der Waals surface area contributed by atoms with Gasteiger partial charge in [0, 0.05) is 18.2 Å². The maximum absolute atomic E-state index is 13.9. The number of aromatic nitrogens is 1. The lowest BCUT2D eigenvalue weighted by atomic mass is 9.86. The number of ether oxygens (including phenoxy) is 2. The molecule has 7 nitrogen and oxygen atoms in total. The summed E-state index contributed by atoms with van der Waals surface area (Å²) < 4.78 is 24.6. The van der Waals surface area contributed by atoms with Gasteiger partial charge in [0.25, 0.3) is 5.91 Å². The van der Waals surface area contributed by atoms with Crippen molar-refractivity contribution in [2.24, 2.45) is 0 Å². The molecule has 0 radical (unpaired) electrons. The smallest absolute Gasteiger partial charge is 0.328 e. The molecule has 1 heterocycles. The molecule has 1 amide bonds. The van der Waals surface area contributed by atoms with Gasteiger partial charge in [-0.2, -0.15) is 0 Å². The standard InChI is InChI=1S/C26H27FN2O5/c1-15-14-19(10-11-20(15)27)22(18-8-6-5-7-9-18)17(3)34-26(32)16(2)29-25(31)23-24(30)21(33-4)12-13-28-23/h5-14,16-17,22,30H,1-4H3,(H,29,31)/t16-,17-,22-/m0/s1. The Morgan fingerprint density at radius 3 is 2.41 bits per heavy atom. The summed E-state index contributed by atoms with van der Waals surface area (Å²) >= 11 is 0. The van der Waals surface area contributed by atoms with Gasteiger partial charge >= 0.3 is 5.97 Å². The van der Waals surface area contributed by atoms with E-state index >= 15 is 0 Å². The Morgan fingerprint density at radius 1 is 1.06 bits per heavy atom. The highest BCUT2D eigenvalue weighted by Crippen LogP contribution is 2.31. The van der Waals surface area contributed by atoms with Crippen LogP contribution in [0.25, 0.3) is 0 Å². The summed E-state index contributed by atoms with van der Waals surface area (Å²) in [6.45, 7) is 4.90. The van der Waals surface area contributed by atoms with Crippen molar-refractivity contribution in [3.05, 3.63) is 89.0 Å². The maximum atomic E-state index is 13.9. The van der Waals surface area contributed by atoms with Gasteiger partial charge in [-0.25, -0.2) is 14.2 Å². The molecule has 0 unspecified atom stereocenters. The van der Waals surface area contributed by atoms with Crippen molar-refractivity contribution in [1.29, 1.82) is 0 Å². The number of nitrogens with zero attached hydrogens (tertiary/aromatic N) is 1. The first-order chi connectivity index (χ1) is 16.2. The first-order valence-corrected chi connectivity index (χ1v) is 10.8. The molecular weight excluding hydrogens is 439 g/mol. The third kappa shape index (κ3) is 5.51. The predicted molar refractivity (Wildman–Crippen MR) is 124 cm³/mol. The third-order valence-corrected chi connectivity index (χ3v) is 5.49. The van der Waals surface area contributed by atoms with Crippen LogP contribution in [0.15, 0.2) is 60.8 Å². The third-order valence-electron chi connectivity index (χ3n) is 5.49. The first kappa shape index (κ1) is 24.7. The van der Waals surface area contributed by atoms with Crippen LogP contribution in [0.1, 0.15) is 46.9 Å². The van der Waals surface area contributed by atoms with Crippen molar-refractivity contribution in [3.63, 3.8) is 0 Å². The van der Waals surface area contributed by atoms with Crippen LogP contribution in [0.5, 0.6) is 11.5 Å². The molecule has 0 spiro atoms. The van der Waals surface area contributed by atoms with Crippen molar-refractivity contribution in [2.45, 2.75) is 38.8 Å². The molecule has 0 saturated carbocycles. The number of aryl methyl sites for hydroxylation is 1. The largest absolute Gasteiger partial charge is 0.503 e. The fourth-order valence-electron chi connectivity index (χ4n) is 3.70. The average Bonchev–Trinajstić information content (AvgIpc) is 2.82. The normalized spacial score (nSPS) is 13.4. The molecule has 178 valence electrons. The first-order valence-electron chi connectivity index (χ1n) is 10.8. The Labute approximate surface area is 197 Å². The number of pyridine rings is 1. The number of benzene rings is 2. The Hall–Kier alpha value is -3.94. The number of aromatic hydroxyl groups is 1. The second kappa shape index (κ2) is 10.8. The van der Waals surface area contributed by atoms with Crippen LogP contribution >= 0.6 is 0 Å². The van der Waals surface area contributed by atoms with E-state index in [0.717, 1.165) is 11.1 Å². The van der Waals surface area contributed by atoms with Crippen LogP contribution in [0.4, 0.5) is 4.39 Å². The quantitative estimate of drug-likeness (QED) is 0.485. The van der Waals surface area contributed by atoms with E-state index in [-0.39, 0.29) is 23.2 Å². The van der Waals surface area contributed by atoms with E-state index in [9.17, 15) is 19.1 Å².